The van der Waals surface area contributed by atoms with Gasteiger partial charge in [-0.2, -0.15) is 0 Å². The van der Waals surface area contributed by atoms with E-state index in [-0.39, 0.29) is 0 Å². The van der Waals surface area contributed by atoms with Crippen molar-refractivity contribution in [3.63, 3.8) is 0 Å². The molecule has 0 heterocycles. The van der Waals surface area contributed by atoms with E-state index in [1.165, 1.54) is 22.0 Å². The quantitative estimate of drug-likeness (QED) is 0.485. The predicted octanol–water partition coefficient (Wildman–Crippen LogP) is 7.07. The van der Waals surface area contributed by atoms with E-state index >= 15 is 0 Å². The van der Waals surface area contributed by atoms with Gasteiger partial charge in [-0.15, -0.1) is 0 Å². The molecule has 0 fully saturated rings. The van der Waals surface area contributed by atoms with Crippen molar-refractivity contribution in [2.45, 2.75) is 59.3 Å². The first kappa shape index (κ1) is 19.8. The topological polar surface area (TPSA) is 0 Å². The molecule has 24 heavy (non-hydrogen) atoms. The van der Waals surface area contributed by atoms with Crippen molar-refractivity contribution in [3.8, 4) is 0 Å². The molecule has 3 heteroatoms. The number of benzene rings is 2. The predicted molar refractivity (Wildman–Crippen MR) is 114 cm³/mol. The van der Waals surface area contributed by atoms with Gasteiger partial charge in [-0.3, -0.25) is 0 Å². The Kier molecular flexibility index (Phi) is 6.40. The summed E-state index contributed by atoms with van der Waals surface area (Å²) in [5.74, 6) is -1.50. The fourth-order valence-corrected chi connectivity index (χ4v) is 7.52. The van der Waals surface area contributed by atoms with Gasteiger partial charge in [0, 0.05) is 0 Å². The summed E-state index contributed by atoms with van der Waals surface area (Å²) >= 11 is 14.2. The first-order valence-corrected chi connectivity index (χ1v) is 12.8. The molecule has 0 amide bonds. The number of hydrogen-bond donors (Lipinski definition) is 0. The van der Waals surface area contributed by atoms with Crippen LogP contribution in [0.3, 0.4) is 0 Å². The van der Waals surface area contributed by atoms with Crippen LogP contribution in [0.5, 0.6) is 0 Å². The standard InChI is InChI=1S/C21H29Cl2P/c1-14(2)17-12-19(15(3)4)21(20(13-17)16(5)6)24(22,23)18-10-8-7-9-11-18/h7-16,24H,1-6H3. The number of rotatable bonds is 5. The van der Waals surface area contributed by atoms with Crippen LogP contribution in [0, 0.1) is 0 Å². The number of hydrogen-bond acceptors (Lipinski definition) is 0. The van der Waals surface area contributed by atoms with Gasteiger partial charge >= 0.3 is 158 Å². The zero-order valence-electron chi connectivity index (χ0n) is 15.5. The fraction of sp³-hybridized carbons (Fsp3) is 0.429. The maximum atomic E-state index is 7.12. The average molecular weight is 383 g/mol. The molecule has 2 aromatic carbocycles. The van der Waals surface area contributed by atoms with E-state index in [0.717, 1.165) is 5.30 Å². The SMILES string of the molecule is CC(C)c1cc(C(C)C)c([PH](Cl)(Cl)c2ccccc2)c(C(C)C)c1. The Morgan fingerprint density at radius 1 is 0.708 bits per heavy atom. The van der Waals surface area contributed by atoms with Crippen LogP contribution in [0.15, 0.2) is 42.5 Å². The van der Waals surface area contributed by atoms with E-state index in [9.17, 15) is 0 Å². The van der Waals surface area contributed by atoms with E-state index < -0.39 is 5.97 Å². The first-order chi connectivity index (χ1) is 11.2. The second-order valence-corrected chi connectivity index (χ2v) is 13.7. The molecule has 0 N–H and O–H groups in total. The van der Waals surface area contributed by atoms with Gasteiger partial charge in [0.25, 0.3) is 0 Å². The molecule has 2 rings (SSSR count). The summed E-state index contributed by atoms with van der Waals surface area (Å²) in [5, 5.41) is 2.26. The van der Waals surface area contributed by atoms with Gasteiger partial charge in [0.1, 0.15) is 0 Å². The van der Waals surface area contributed by atoms with E-state index in [1.54, 1.807) is 0 Å². The van der Waals surface area contributed by atoms with Crippen molar-refractivity contribution >= 4 is 39.1 Å². The van der Waals surface area contributed by atoms with Crippen molar-refractivity contribution in [1.82, 2.24) is 0 Å². The van der Waals surface area contributed by atoms with Crippen molar-refractivity contribution in [1.29, 1.82) is 0 Å². The second-order valence-electron chi connectivity index (χ2n) is 7.48. The zero-order valence-corrected chi connectivity index (χ0v) is 18.0. The molecule has 0 spiro atoms. The van der Waals surface area contributed by atoms with E-state index in [2.05, 4.69) is 65.8 Å². The van der Waals surface area contributed by atoms with Gasteiger partial charge in [0.05, 0.1) is 0 Å². The van der Waals surface area contributed by atoms with Gasteiger partial charge in [-0.25, -0.2) is 0 Å². The molecule has 0 saturated heterocycles. The van der Waals surface area contributed by atoms with Crippen LogP contribution in [0.25, 0.3) is 0 Å². The minimum absolute atomic E-state index is 0.393. The fourth-order valence-electron chi connectivity index (χ4n) is 3.11. The third kappa shape index (κ3) is 3.98. The van der Waals surface area contributed by atoms with Crippen LogP contribution in [-0.4, -0.2) is 0 Å². The van der Waals surface area contributed by atoms with Crippen molar-refractivity contribution in [2.75, 3.05) is 0 Å². The van der Waals surface area contributed by atoms with E-state index in [4.69, 9.17) is 22.5 Å². The molecule has 0 atom stereocenters. The summed E-state index contributed by atoms with van der Waals surface area (Å²) in [6, 6.07) is 14.8. The summed E-state index contributed by atoms with van der Waals surface area (Å²) in [4.78, 5) is 0. The molecule has 0 unspecified atom stereocenters. The molecular weight excluding hydrogens is 354 g/mol. The van der Waals surface area contributed by atoms with Gasteiger partial charge in [0.15, 0.2) is 0 Å². The molecule has 0 aromatic heterocycles. The van der Waals surface area contributed by atoms with Crippen LogP contribution in [0.1, 0.15) is 76.0 Å². The van der Waals surface area contributed by atoms with Crippen molar-refractivity contribution in [3.05, 3.63) is 59.2 Å². The Morgan fingerprint density at radius 3 is 1.54 bits per heavy atom. The Balaban J connectivity index is 2.80. The Hall–Kier alpha value is -0.550. The molecular formula is C21H29Cl2P. The summed E-state index contributed by atoms with van der Waals surface area (Å²) in [5.41, 5.74) is 3.99. The third-order valence-electron chi connectivity index (χ3n) is 4.58. The minimum atomic E-state index is -2.78. The molecule has 0 radical (unpaired) electrons. The van der Waals surface area contributed by atoms with Gasteiger partial charge in [-0.1, -0.05) is 0 Å². The number of halogens is 2. The molecule has 0 nitrogen and oxygen atoms in total. The van der Waals surface area contributed by atoms with E-state index in [1.807, 2.05) is 18.2 Å². The van der Waals surface area contributed by atoms with Crippen LogP contribution >= 0.6 is 28.4 Å². The Labute approximate surface area is 157 Å². The normalized spacial score (nSPS) is 13.1. The van der Waals surface area contributed by atoms with Crippen LogP contribution in [0.2, 0.25) is 0 Å². The first-order valence-electron chi connectivity index (χ1n) is 8.77. The zero-order chi connectivity index (χ0) is 18.1. The molecule has 132 valence electrons. The van der Waals surface area contributed by atoms with Crippen LogP contribution in [0.4, 0.5) is 0 Å². The molecule has 0 bridgehead atoms. The summed E-state index contributed by atoms with van der Waals surface area (Å²) in [6.07, 6.45) is 0. The van der Waals surface area contributed by atoms with E-state index in [0.29, 0.717) is 17.8 Å². The summed E-state index contributed by atoms with van der Waals surface area (Å²) in [7, 11) is 0. The van der Waals surface area contributed by atoms with Crippen molar-refractivity contribution < 1.29 is 0 Å². The molecule has 0 aliphatic heterocycles. The summed E-state index contributed by atoms with van der Waals surface area (Å²) in [6.45, 7) is 13.4. The van der Waals surface area contributed by atoms with Gasteiger partial charge in [0.2, 0.25) is 0 Å². The van der Waals surface area contributed by atoms with Gasteiger partial charge in [-0.05, 0) is 0 Å². The Bertz CT molecular complexity index is 659. The van der Waals surface area contributed by atoms with Gasteiger partial charge < -0.3 is 0 Å². The maximum absolute atomic E-state index is 7.12. The molecule has 0 saturated carbocycles. The van der Waals surface area contributed by atoms with Crippen LogP contribution < -0.4 is 10.6 Å². The molecule has 0 aliphatic rings. The van der Waals surface area contributed by atoms with Crippen LogP contribution in [-0.2, 0) is 0 Å². The monoisotopic (exact) mass is 382 g/mol. The third-order valence-corrected chi connectivity index (χ3v) is 9.29. The van der Waals surface area contributed by atoms with Crippen molar-refractivity contribution in [2.24, 2.45) is 0 Å². The Morgan fingerprint density at radius 2 is 1.17 bits per heavy atom. The second kappa shape index (κ2) is 7.77. The summed E-state index contributed by atoms with van der Waals surface area (Å²) < 4.78 is 0. The average Bonchev–Trinajstić information content (AvgIpc) is 2.54. The molecule has 2 aromatic rings. The molecule has 0 aliphatic carbocycles.